The molecule has 23 rings (SSSR count). The SMILES string of the molecule is CC(C)(C)c1cc2c3c(c1)N(c1c(-c4ccccc4)cccc1-c1ccccc1)c1cc4c5c(c1B3c1ccc(-c3ccccc3)cc1N2c1c(-c2ccccc2)cccc1-c1ccccc1)Oc1cc2c3c(c1B5c1ccc(-c5ccccc5)cc1O4)Oc1cc(-c4ccccc4)ccc1B3c1ccc(-c3ccccc3)cc1O2. The van der Waals surface area contributed by atoms with Gasteiger partial charge in [-0.3, -0.25) is 0 Å². The van der Waals surface area contributed by atoms with E-state index in [2.05, 4.69) is 407 Å². The zero-order chi connectivity index (χ0) is 76.1. The predicted molar refractivity (Wildman–Crippen MR) is 478 cm³/mol. The second-order valence-electron chi connectivity index (χ2n) is 32.0. The predicted octanol–water partition coefficient (Wildman–Crippen LogP) is 21.9. The molecule has 0 fully saturated rings. The van der Waals surface area contributed by atoms with Gasteiger partial charge in [0.1, 0.15) is 46.0 Å². The smallest absolute Gasteiger partial charge is 0.265 e. The molecular formula is C106H71B3N2O4. The summed E-state index contributed by atoms with van der Waals surface area (Å²) in [6.07, 6.45) is 0. The molecule has 6 nitrogen and oxygen atoms in total. The van der Waals surface area contributed by atoms with Gasteiger partial charge in [0.2, 0.25) is 0 Å². The fourth-order valence-corrected chi connectivity index (χ4v) is 19.1. The lowest BCUT2D eigenvalue weighted by atomic mass is 9.29. The van der Waals surface area contributed by atoms with Crippen LogP contribution < -0.4 is 77.9 Å². The third-order valence-corrected chi connectivity index (χ3v) is 24.5. The van der Waals surface area contributed by atoms with E-state index in [-0.39, 0.29) is 12.1 Å². The van der Waals surface area contributed by atoms with Crippen molar-refractivity contribution in [3.05, 3.63) is 382 Å². The van der Waals surface area contributed by atoms with Gasteiger partial charge in [0.15, 0.2) is 0 Å². The minimum atomic E-state index is -0.505. The van der Waals surface area contributed by atoms with Crippen molar-refractivity contribution < 1.29 is 18.9 Å². The Labute approximate surface area is 670 Å². The van der Waals surface area contributed by atoms with Gasteiger partial charge in [0, 0.05) is 73.5 Å². The summed E-state index contributed by atoms with van der Waals surface area (Å²) in [5.74, 6) is 5.79. The van der Waals surface area contributed by atoms with Gasteiger partial charge in [-0.25, -0.2) is 0 Å². The summed E-state index contributed by atoms with van der Waals surface area (Å²) in [4.78, 5) is 5.27. The number of ether oxygens (including phenoxy) is 4. The van der Waals surface area contributed by atoms with Crippen LogP contribution in [0, 0.1) is 0 Å². The average Bonchev–Trinajstić information content (AvgIpc) is 0.671. The van der Waals surface area contributed by atoms with Crippen LogP contribution in [0.4, 0.5) is 34.1 Å². The molecule has 6 heterocycles. The summed E-state index contributed by atoms with van der Waals surface area (Å²) in [6, 6.07) is 138. The minimum Gasteiger partial charge on any atom is -0.459 e. The molecule has 0 unspecified atom stereocenters. The molecule has 9 heteroatoms. The van der Waals surface area contributed by atoms with E-state index >= 15 is 0 Å². The van der Waals surface area contributed by atoms with Crippen LogP contribution in [0.3, 0.4) is 0 Å². The number of nitrogens with zero attached hydrogens (tertiary/aromatic N) is 2. The van der Waals surface area contributed by atoms with Gasteiger partial charge >= 0.3 is 0 Å². The zero-order valence-corrected chi connectivity index (χ0v) is 63.6. The minimum absolute atomic E-state index is 0.275. The first kappa shape index (κ1) is 66.5. The average molecular weight is 1470 g/mol. The molecule has 0 atom stereocenters. The van der Waals surface area contributed by atoms with Crippen LogP contribution in [-0.2, 0) is 5.41 Å². The van der Waals surface area contributed by atoms with Crippen LogP contribution in [0.1, 0.15) is 26.3 Å². The highest BCUT2D eigenvalue weighted by molar-refractivity contribution is 7.04. The van der Waals surface area contributed by atoms with Gasteiger partial charge in [0.05, 0.1) is 11.4 Å². The van der Waals surface area contributed by atoms with Gasteiger partial charge in [-0.15, -0.1) is 0 Å². The lowest BCUT2D eigenvalue weighted by Gasteiger charge is -2.48. The topological polar surface area (TPSA) is 43.4 Å². The highest BCUT2D eigenvalue weighted by atomic mass is 16.5. The number of anilines is 6. The van der Waals surface area contributed by atoms with E-state index in [1.807, 2.05) is 0 Å². The van der Waals surface area contributed by atoms with Crippen molar-refractivity contribution in [2.24, 2.45) is 0 Å². The molecular weight excluding hydrogens is 1400 g/mol. The largest absolute Gasteiger partial charge is 0.459 e. The molecule has 0 saturated heterocycles. The van der Waals surface area contributed by atoms with Crippen LogP contribution in [0.15, 0.2) is 376 Å². The summed E-state index contributed by atoms with van der Waals surface area (Å²) in [5, 5.41) is 0. The molecule has 0 N–H and O–H groups in total. The Bertz CT molecular complexity index is 6700. The Morgan fingerprint density at radius 2 is 0.504 bits per heavy atom. The summed E-state index contributed by atoms with van der Waals surface area (Å²) in [6.45, 7) is 5.83. The molecule has 538 valence electrons. The Morgan fingerprint density at radius 3 is 0.904 bits per heavy atom. The fourth-order valence-electron chi connectivity index (χ4n) is 19.1. The molecule has 17 aromatic carbocycles. The van der Waals surface area contributed by atoms with E-state index in [4.69, 9.17) is 18.9 Å². The van der Waals surface area contributed by atoms with Gasteiger partial charge in [-0.05, 0) is 147 Å². The van der Waals surface area contributed by atoms with E-state index in [0.717, 1.165) is 201 Å². The van der Waals surface area contributed by atoms with Gasteiger partial charge < -0.3 is 28.7 Å². The number of rotatable bonds is 10. The maximum absolute atomic E-state index is 8.46. The molecule has 0 bridgehead atoms. The Kier molecular flexibility index (Phi) is 15.1. The van der Waals surface area contributed by atoms with Crippen LogP contribution in [0.25, 0.3) is 89.0 Å². The van der Waals surface area contributed by atoms with E-state index in [1.54, 1.807) is 0 Å². The number of fused-ring (bicyclic) bond motifs is 14. The summed E-state index contributed by atoms with van der Waals surface area (Å²) >= 11 is 0. The van der Waals surface area contributed by atoms with Crippen LogP contribution in [0.5, 0.6) is 46.0 Å². The monoisotopic (exact) mass is 1470 g/mol. The summed E-state index contributed by atoms with van der Waals surface area (Å²) in [5.41, 5.74) is 33.7. The lowest BCUT2D eigenvalue weighted by molar-refractivity contribution is 0.444. The third-order valence-electron chi connectivity index (χ3n) is 24.5. The van der Waals surface area contributed by atoms with Crippen molar-refractivity contribution in [3.63, 3.8) is 0 Å². The first-order chi connectivity index (χ1) is 56.7. The van der Waals surface area contributed by atoms with E-state index in [1.165, 1.54) is 5.56 Å². The molecule has 0 radical (unpaired) electrons. The maximum atomic E-state index is 8.46. The normalized spacial score (nSPS) is 13.2. The Balaban J connectivity index is 0.864. The van der Waals surface area contributed by atoms with Crippen molar-refractivity contribution >= 4 is 103 Å². The quantitative estimate of drug-likeness (QED) is 0.127. The molecule has 0 aromatic heterocycles. The zero-order valence-electron chi connectivity index (χ0n) is 63.6. The number of hydrogen-bond donors (Lipinski definition) is 0. The van der Waals surface area contributed by atoms with Crippen LogP contribution in [-0.4, -0.2) is 20.1 Å². The summed E-state index contributed by atoms with van der Waals surface area (Å²) in [7, 11) is 0. The fraction of sp³-hybridized carbons (Fsp3) is 0.0377. The standard InChI is InChI=1S/C106H71B3N2O4/c1-106(2,3)78-62-88-97-89(63-78)111(103-81(72-42-24-10-25-43-72)48-29-49-82(103)73-44-26-11-27-45-73)90-64-94-100-104(98(90)108(97)83-54-50-74(66-30-12-4-13-31-66)58-87(83)110(88)102-79(70-38-20-8-21-39-70)46-28-47-80(102)71-40-22-9-23-41-71)115-96-65-95-99-105(101(96)109(100)86-57-53-76(60-92(86)112-94)68-34-16-6-17-35-68)114-93-61-77(69-36-18-7-19-37-69)52-56-85(93)107(99)84-55-51-75(59-91(84)113-95)67-32-14-5-15-33-67/h4-65H,1-3H3. The number of benzene rings is 17. The molecule has 17 aromatic rings. The molecule has 0 aliphatic carbocycles. The molecule has 0 saturated carbocycles. The van der Waals surface area contributed by atoms with E-state index in [0.29, 0.717) is 17.2 Å². The lowest BCUT2D eigenvalue weighted by Crippen LogP contribution is -2.66. The highest BCUT2D eigenvalue weighted by Gasteiger charge is 2.54. The number of hydrogen-bond acceptors (Lipinski definition) is 6. The van der Waals surface area contributed by atoms with Crippen molar-refractivity contribution in [1.29, 1.82) is 0 Å². The van der Waals surface area contributed by atoms with Gasteiger partial charge in [-0.2, -0.15) is 0 Å². The molecule has 0 spiro atoms. The van der Waals surface area contributed by atoms with E-state index < -0.39 is 13.4 Å². The Morgan fingerprint density at radius 1 is 0.209 bits per heavy atom. The first-order valence-electron chi connectivity index (χ1n) is 39.9. The van der Waals surface area contributed by atoms with Crippen molar-refractivity contribution in [2.45, 2.75) is 26.2 Å². The summed E-state index contributed by atoms with van der Waals surface area (Å²) < 4.78 is 31.8. The van der Waals surface area contributed by atoms with Crippen LogP contribution in [0.2, 0.25) is 0 Å². The third kappa shape index (κ3) is 10.6. The van der Waals surface area contributed by atoms with E-state index in [9.17, 15) is 0 Å². The number of para-hydroxylation sites is 2. The molecule has 6 aliphatic rings. The van der Waals surface area contributed by atoms with Crippen molar-refractivity contribution in [3.8, 4) is 135 Å². The maximum Gasteiger partial charge on any atom is 0.265 e. The second-order valence-corrected chi connectivity index (χ2v) is 32.0. The molecule has 6 aliphatic heterocycles. The molecule has 0 amide bonds. The van der Waals surface area contributed by atoms with Gasteiger partial charge in [0.25, 0.3) is 20.1 Å². The second kappa shape index (κ2) is 26.2. The van der Waals surface area contributed by atoms with Crippen molar-refractivity contribution in [1.82, 2.24) is 0 Å². The molecule has 115 heavy (non-hydrogen) atoms. The first-order valence-corrected chi connectivity index (χ1v) is 39.9. The highest BCUT2D eigenvalue weighted by Crippen LogP contribution is 2.56. The Hall–Kier alpha value is -14.3. The van der Waals surface area contributed by atoms with Gasteiger partial charge in [-0.1, -0.05) is 348 Å². The van der Waals surface area contributed by atoms with Crippen LogP contribution >= 0.6 is 0 Å². The van der Waals surface area contributed by atoms with Crippen molar-refractivity contribution in [2.75, 3.05) is 9.80 Å².